The van der Waals surface area contributed by atoms with Crippen molar-refractivity contribution in [1.29, 1.82) is 0 Å². The number of ether oxygens (including phenoxy) is 2. The molecular weight excluding hydrogens is 440 g/mol. The zero-order chi connectivity index (χ0) is 23.6. The van der Waals surface area contributed by atoms with Crippen LogP contribution in [-0.4, -0.2) is 58.9 Å². The van der Waals surface area contributed by atoms with Gasteiger partial charge in [0.2, 0.25) is 6.79 Å². The number of rotatable bonds is 5. The number of aromatic amines is 1. The third-order valence-corrected chi connectivity index (χ3v) is 6.59. The molecule has 1 N–H and O–H groups in total. The van der Waals surface area contributed by atoms with E-state index in [1.165, 1.54) is 5.56 Å². The highest BCUT2D eigenvalue weighted by molar-refractivity contribution is 5.95. The van der Waals surface area contributed by atoms with Crippen molar-refractivity contribution in [2.75, 3.05) is 33.0 Å². The second-order valence-electron chi connectivity index (χ2n) is 8.87. The normalized spacial score (nSPS) is 15.8. The second-order valence-corrected chi connectivity index (χ2v) is 8.87. The maximum absolute atomic E-state index is 13.0. The molecule has 0 bridgehead atoms. The molecule has 176 valence electrons. The molecular formula is C28H26N4O3. The lowest BCUT2D eigenvalue weighted by atomic mass is 10.1. The van der Waals surface area contributed by atoms with Crippen molar-refractivity contribution in [3.63, 3.8) is 0 Å². The predicted molar refractivity (Wildman–Crippen MR) is 135 cm³/mol. The Morgan fingerprint density at radius 1 is 0.914 bits per heavy atom. The number of para-hydroxylation sites is 1. The first-order valence-corrected chi connectivity index (χ1v) is 11.8. The number of nitrogens with one attached hydrogen (secondary N) is 1. The summed E-state index contributed by atoms with van der Waals surface area (Å²) in [6.07, 6.45) is 4.01. The van der Waals surface area contributed by atoms with Crippen molar-refractivity contribution < 1.29 is 14.3 Å². The number of aromatic nitrogens is 2. The van der Waals surface area contributed by atoms with E-state index < -0.39 is 0 Å². The van der Waals surface area contributed by atoms with Crippen LogP contribution < -0.4 is 9.47 Å². The van der Waals surface area contributed by atoms with E-state index in [2.05, 4.69) is 27.2 Å². The molecule has 7 heteroatoms. The summed E-state index contributed by atoms with van der Waals surface area (Å²) in [6.45, 7) is 4.26. The molecule has 1 aromatic heterocycles. The van der Waals surface area contributed by atoms with Crippen molar-refractivity contribution in [3.05, 3.63) is 89.1 Å². The molecule has 4 aromatic rings. The largest absolute Gasteiger partial charge is 0.454 e. The first-order chi connectivity index (χ1) is 17.2. The summed E-state index contributed by atoms with van der Waals surface area (Å²) in [4.78, 5) is 17.4. The van der Waals surface area contributed by atoms with Gasteiger partial charge in [-0.15, -0.1) is 0 Å². The van der Waals surface area contributed by atoms with E-state index in [1.807, 2.05) is 71.6 Å². The molecule has 2 aliphatic heterocycles. The molecule has 1 saturated heterocycles. The smallest absolute Gasteiger partial charge is 0.253 e. The Bertz CT molecular complexity index is 1390. The fourth-order valence-electron chi connectivity index (χ4n) is 4.61. The average molecular weight is 467 g/mol. The van der Waals surface area contributed by atoms with Gasteiger partial charge in [0, 0.05) is 43.7 Å². The van der Waals surface area contributed by atoms with Crippen LogP contribution in [0.4, 0.5) is 0 Å². The first-order valence-electron chi connectivity index (χ1n) is 11.8. The molecule has 6 rings (SSSR count). The van der Waals surface area contributed by atoms with E-state index in [-0.39, 0.29) is 12.7 Å². The topological polar surface area (TPSA) is 70.7 Å². The van der Waals surface area contributed by atoms with Crippen LogP contribution >= 0.6 is 0 Å². The molecule has 1 fully saturated rings. The van der Waals surface area contributed by atoms with E-state index in [1.54, 1.807) is 0 Å². The molecule has 7 nitrogen and oxygen atoms in total. The molecule has 35 heavy (non-hydrogen) atoms. The number of hydrogen-bond acceptors (Lipinski definition) is 5. The lowest BCUT2D eigenvalue weighted by Gasteiger charge is -2.34. The Morgan fingerprint density at radius 2 is 1.71 bits per heavy atom. The van der Waals surface area contributed by atoms with Gasteiger partial charge in [0.1, 0.15) is 0 Å². The Morgan fingerprint density at radius 3 is 2.57 bits per heavy atom. The summed E-state index contributed by atoms with van der Waals surface area (Å²) in [5.41, 5.74) is 4.86. The van der Waals surface area contributed by atoms with Crippen molar-refractivity contribution in [2.45, 2.75) is 6.54 Å². The van der Waals surface area contributed by atoms with Crippen molar-refractivity contribution in [1.82, 2.24) is 20.0 Å². The fourth-order valence-corrected chi connectivity index (χ4v) is 4.61. The zero-order valence-corrected chi connectivity index (χ0v) is 19.3. The van der Waals surface area contributed by atoms with Gasteiger partial charge in [-0.25, -0.2) is 0 Å². The van der Waals surface area contributed by atoms with Crippen LogP contribution in [0.1, 0.15) is 27.2 Å². The first kappa shape index (κ1) is 21.4. The lowest BCUT2D eigenvalue weighted by molar-refractivity contribution is 0.0628. The van der Waals surface area contributed by atoms with Gasteiger partial charge in [0.05, 0.1) is 11.2 Å². The molecule has 0 saturated carbocycles. The number of nitrogens with zero attached hydrogens (tertiary/aromatic N) is 3. The summed E-state index contributed by atoms with van der Waals surface area (Å²) >= 11 is 0. The van der Waals surface area contributed by atoms with Gasteiger partial charge in [-0.2, -0.15) is 5.10 Å². The van der Waals surface area contributed by atoms with E-state index in [4.69, 9.17) is 9.47 Å². The lowest BCUT2D eigenvalue weighted by Crippen LogP contribution is -2.48. The van der Waals surface area contributed by atoms with Crippen LogP contribution in [0.2, 0.25) is 0 Å². The van der Waals surface area contributed by atoms with Gasteiger partial charge in [-0.3, -0.25) is 14.8 Å². The van der Waals surface area contributed by atoms with Gasteiger partial charge < -0.3 is 14.4 Å². The number of H-pyrrole nitrogens is 1. The van der Waals surface area contributed by atoms with Gasteiger partial charge in [0.25, 0.3) is 5.91 Å². The maximum Gasteiger partial charge on any atom is 0.253 e. The number of fused-ring (bicyclic) bond motifs is 2. The second kappa shape index (κ2) is 9.27. The number of piperazine rings is 1. The molecule has 0 aliphatic carbocycles. The Balaban J connectivity index is 1.04. The highest BCUT2D eigenvalue weighted by atomic mass is 16.7. The van der Waals surface area contributed by atoms with E-state index in [0.717, 1.165) is 71.9 Å². The molecule has 0 unspecified atom stereocenters. The number of amides is 1. The third kappa shape index (κ3) is 4.50. The van der Waals surface area contributed by atoms with Gasteiger partial charge >= 0.3 is 0 Å². The van der Waals surface area contributed by atoms with E-state index >= 15 is 0 Å². The quantitative estimate of drug-likeness (QED) is 0.472. The van der Waals surface area contributed by atoms with E-state index in [9.17, 15) is 4.79 Å². The van der Waals surface area contributed by atoms with Crippen LogP contribution in [0.5, 0.6) is 11.5 Å². The van der Waals surface area contributed by atoms with Crippen LogP contribution in [0.15, 0.2) is 66.7 Å². The van der Waals surface area contributed by atoms with Crippen molar-refractivity contribution in [2.24, 2.45) is 0 Å². The minimum absolute atomic E-state index is 0.0848. The molecule has 2 aliphatic rings. The van der Waals surface area contributed by atoms with Crippen molar-refractivity contribution >= 4 is 29.0 Å². The van der Waals surface area contributed by atoms with Crippen LogP contribution in [0.25, 0.3) is 23.1 Å². The number of carbonyl (C=O) groups is 1. The Kier molecular flexibility index (Phi) is 5.68. The summed E-state index contributed by atoms with van der Waals surface area (Å²) in [5.74, 6) is 1.70. The number of benzene rings is 3. The molecule has 3 heterocycles. The summed E-state index contributed by atoms with van der Waals surface area (Å²) in [5, 5.41) is 8.51. The van der Waals surface area contributed by atoms with E-state index in [0.29, 0.717) is 0 Å². The van der Waals surface area contributed by atoms with Gasteiger partial charge in [-0.05, 0) is 47.5 Å². The third-order valence-electron chi connectivity index (χ3n) is 6.59. The monoisotopic (exact) mass is 466 g/mol. The minimum Gasteiger partial charge on any atom is -0.454 e. The highest BCUT2D eigenvalue weighted by Gasteiger charge is 2.23. The number of carbonyl (C=O) groups excluding carboxylic acids is 1. The van der Waals surface area contributed by atoms with Crippen LogP contribution in [-0.2, 0) is 6.54 Å². The summed E-state index contributed by atoms with van der Waals surface area (Å²) in [7, 11) is 0. The molecule has 0 radical (unpaired) electrons. The van der Waals surface area contributed by atoms with Gasteiger partial charge in [0.15, 0.2) is 11.5 Å². The maximum atomic E-state index is 13.0. The Hall–Kier alpha value is -4.10. The molecule has 0 atom stereocenters. The number of hydrogen-bond donors (Lipinski definition) is 1. The summed E-state index contributed by atoms with van der Waals surface area (Å²) in [6, 6.07) is 21.9. The standard InChI is InChI=1S/C28H26N4O3/c33-28(32-15-13-31(14-16-32)18-21-8-12-26-27(17-21)35-19-34-26)22-9-5-20(6-10-22)7-11-25-23-3-1-2-4-24(23)29-30-25/h1-12,17H,13-16,18-19H2,(H,29,30). The molecule has 0 spiro atoms. The van der Waals surface area contributed by atoms with Crippen LogP contribution in [0, 0.1) is 0 Å². The SMILES string of the molecule is O=C(c1ccc(C=Cc2n[nH]c3ccccc23)cc1)N1CCN(Cc2ccc3c(c2)OCO3)CC1. The predicted octanol–water partition coefficient (Wildman–Crippen LogP) is 4.42. The van der Waals surface area contributed by atoms with Crippen molar-refractivity contribution in [3.8, 4) is 11.5 Å². The minimum atomic E-state index is 0.0848. The zero-order valence-electron chi connectivity index (χ0n) is 19.3. The highest BCUT2D eigenvalue weighted by Crippen LogP contribution is 2.33. The van der Waals surface area contributed by atoms with Gasteiger partial charge in [-0.1, -0.05) is 42.5 Å². The molecule has 1 amide bonds. The fraction of sp³-hybridized carbons (Fsp3) is 0.214. The molecule has 3 aromatic carbocycles. The van der Waals surface area contributed by atoms with Crippen LogP contribution in [0.3, 0.4) is 0 Å². The Labute approximate surface area is 203 Å². The summed E-state index contributed by atoms with van der Waals surface area (Å²) < 4.78 is 10.9. The average Bonchev–Trinajstić information content (AvgIpc) is 3.54.